The zero-order chi connectivity index (χ0) is 7.44. The second-order valence-electron chi connectivity index (χ2n) is 3.03. The van der Waals surface area contributed by atoms with Gasteiger partial charge in [0, 0.05) is 6.04 Å². The fourth-order valence-corrected chi connectivity index (χ4v) is 0.741. The standard InChI is InChI=1S/C7H17NO/c1-5(2)4-7(8)6(3)9/h5-7,9H,4,8H2,1-3H3/t6-,7-/m0/s1. The predicted octanol–water partition coefficient (Wildman–Crippen LogP) is 0.741. The van der Waals surface area contributed by atoms with Crippen LogP contribution in [0.1, 0.15) is 27.2 Å². The molecule has 0 radical (unpaired) electrons. The molecule has 0 aromatic rings. The molecule has 0 bridgehead atoms. The molecule has 0 spiro atoms. The van der Waals surface area contributed by atoms with Crippen LogP contribution >= 0.6 is 0 Å². The van der Waals surface area contributed by atoms with Crippen LogP contribution in [0.5, 0.6) is 0 Å². The van der Waals surface area contributed by atoms with Gasteiger partial charge in [0.15, 0.2) is 0 Å². The number of aliphatic hydroxyl groups is 1. The summed E-state index contributed by atoms with van der Waals surface area (Å²) in [5, 5.41) is 8.94. The highest BCUT2D eigenvalue weighted by molar-refractivity contribution is 4.68. The highest BCUT2D eigenvalue weighted by Crippen LogP contribution is 2.04. The summed E-state index contributed by atoms with van der Waals surface area (Å²) in [5.74, 6) is 0.578. The minimum absolute atomic E-state index is 0.0509. The van der Waals surface area contributed by atoms with E-state index in [2.05, 4.69) is 13.8 Å². The van der Waals surface area contributed by atoms with Crippen LogP contribution in [0.2, 0.25) is 0 Å². The molecule has 0 saturated heterocycles. The molecule has 9 heavy (non-hydrogen) atoms. The van der Waals surface area contributed by atoms with Crippen LogP contribution in [0, 0.1) is 5.92 Å². The quantitative estimate of drug-likeness (QED) is 0.593. The zero-order valence-electron chi connectivity index (χ0n) is 6.46. The van der Waals surface area contributed by atoms with Gasteiger partial charge in [-0.15, -0.1) is 0 Å². The molecule has 0 aliphatic heterocycles. The van der Waals surface area contributed by atoms with Crippen LogP contribution in [0.15, 0.2) is 0 Å². The van der Waals surface area contributed by atoms with Crippen molar-refractivity contribution >= 4 is 0 Å². The lowest BCUT2D eigenvalue weighted by Crippen LogP contribution is -2.33. The van der Waals surface area contributed by atoms with Crippen LogP contribution in [0.4, 0.5) is 0 Å². The largest absolute Gasteiger partial charge is 0.392 e. The number of hydrogen-bond acceptors (Lipinski definition) is 2. The summed E-state index contributed by atoms with van der Waals surface area (Å²) in [6.45, 7) is 5.93. The van der Waals surface area contributed by atoms with E-state index in [-0.39, 0.29) is 12.1 Å². The van der Waals surface area contributed by atoms with Crippen molar-refractivity contribution in [1.82, 2.24) is 0 Å². The molecule has 0 aromatic heterocycles. The van der Waals surface area contributed by atoms with E-state index in [4.69, 9.17) is 10.8 Å². The first-order chi connectivity index (χ1) is 4.04. The number of hydrogen-bond donors (Lipinski definition) is 2. The van der Waals surface area contributed by atoms with E-state index in [1.54, 1.807) is 6.92 Å². The third-order valence-corrected chi connectivity index (χ3v) is 1.36. The lowest BCUT2D eigenvalue weighted by Gasteiger charge is -2.16. The average Bonchev–Trinajstić information content (AvgIpc) is 1.63. The van der Waals surface area contributed by atoms with Crippen LogP contribution in [-0.2, 0) is 0 Å². The maximum absolute atomic E-state index is 8.94. The second-order valence-corrected chi connectivity index (χ2v) is 3.03. The maximum atomic E-state index is 8.94. The Morgan fingerprint density at radius 1 is 1.33 bits per heavy atom. The van der Waals surface area contributed by atoms with Crippen molar-refractivity contribution in [2.75, 3.05) is 0 Å². The number of nitrogens with two attached hydrogens (primary N) is 1. The summed E-state index contributed by atoms with van der Waals surface area (Å²) < 4.78 is 0. The number of rotatable bonds is 3. The molecular weight excluding hydrogens is 114 g/mol. The maximum Gasteiger partial charge on any atom is 0.0663 e. The lowest BCUT2D eigenvalue weighted by molar-refractivity contribution is 0.152. The molecule has 0 aliphatic rings. The molecule has 0 fully saturated rings. The number of aliphatic hydroxyl groups excluding tert-OH is 1. The highest BCUT2D eigenvalue weighted by atomic mass is 16.3. The van der Waals surface area contributed by atoms with Gasteiger partial charge in [-0.05, 0) is 19.3 Å². The van der Waals surface area contributed by atoms with E-state index >= 15 is 0 Å². The monoisotopic (exact) mass is 131 g/mol. The van der Waals surface area contributed by atoms with Gasteiger partial charge in [-0.1, -0.05) is 13.8 Å². The zero-order valence-corrected chi connectivity index (χ0v) is 6.46. The summed E-state index contributed by atoms with van der Waals surface area (Å²) in [6, 6.07) is -0.0509. The summed E-state index contributed by atoms with van der Waals surface area (Å²) in [7, 11) is 0. The van der Waals surface area contributed by atoms with Gasteiger partial charge in [-0.3, -0.25) is 0 Å². The first-order valence-corrected chi connectivity index (χ1v) is 3.47. The third kappa shape index (κ3) is 4.43. The van der Waals surface area contributed by atoms with E-state index in [9.17, 15) is 0 Å². The second kappa shape index (κ2) is 3.85. The summed E-state index contributed by atoms with van der Waals surface area (Å²) in [4.78, 5) is 0. The van der Waals surface area contributed by atoms with Crippen molar-refractivity contribution in [3.8, 4) is 0 Å². The Kier molecular flexibility index (Phi) is 3.82. The van der Waals surface area contributed by atoms with Crippen LogP contribution in [0.25, 0.3) is 0 Å². The van der Waals surface area contributed by atoms with Crippen LogP contribution < -0.4 is 5.73 Å². The van der Waals surface area contributed by atoms with Gasteiger partial charge in [0.05, 0.1) is 6.10 Å². The molecule has 0 aromatic carbocycles. The average molecular weight is 131 g/mol. The van der Waals surface area contributed by atoms with Gasteiger partial charge in [0.1, 0.15) is 0 Å². The van der Waals surface area contributed by atoms with Gasteiger partial charge in [0.25, 0.3) is 0 Å². The van der Waals surface area contributed by atoms with E-state index in [0.29, 0.717) is 5.92 Å². The molecule has 2 nitrogen and oxygen atoms in total. The van der Waals surface area contributed by atoms with Crippen LogP contribution in [0.3, 0.4) is 0 Å². The highest BCUT2D eigenvalue weighted by Gasteiger charge is 2.09. The molecule has 2 heteroatoms. The van der Waals surface area contributed by atoms with Crippen molar-refractivity contribution in [3.63, 3.8) is 0 Å². The Morgan fingerprint density at radius 3 is 1.89 bits per heavy atom. The van der Waals surface area contributed by atoms with Crippen molar-refractivity contribution in [1.29, 1.82) is 0 Å². The van der Waals surface area contributed by atoms with E-state index < -0.39 is 0 Å². The molecule has 0 rings (SSSR count). The summed E-state index contributed by atoms with van der Waals surface area (Å²) in [5.41, 5.74) is 5.57. The Bertz CT molecular complexity index is 71.3. The minimum atomic E-state index is -0.368. The Morgan fingerprint density at radius 2 is 1.78 bits per heavy atom. The molecule has 3 N–H and O–H groups in total. The van der Waals surface area contributed by atoms with Gasteiger partial charge in [-0.2, -0.15) is 0 Å². The summed E-state index contributed by atoms with van der Waals surface area (Å²) in [6.07, 6.45) is 0.532. The SMILES string of the molecule is CC(C)C[C@H](N)[C@H](C)O. The molecule has 56 valence electrons. The molecule has 0 amide bonds. The molecular formula is C7H17NO. The predicted molar refractivity (Wildman–Crippen MR) is 39.1 cm³/mol. The fraction of sp³-hybridized carbons (Fsp3) is 1.00. The van der Waals surface area contributed by atoms with Crippen molar-refractivity contribution in [2.24, 2.45) is 11.7 Å². The first kappa shape index (κ1) is 8.92. The molecule has 0 aliphatic carbocycles. The van der Waals surface area contributed by atoms with Gasteiger partial charge in [-0.25, -0.2) is 0 Å². The van der Waals surface area contributed by atoms with Crippen molar-refractivity contribution in [2.45, 2.75) is 39.3 Å². The van der Waals surface area contributed by atoms with Gasteiger partial charge < -0.3 is 10.8 Å². The topological polar surface area (TPSA) is 46.2 Å². The minimum Gasteiger partial charge on any atom is -0.392 e. The molecule has 0 saturated carbocycles. The Hall–Kier alpha value is -0.0800. The van der Waals surface area contributed by atoms with E-state index in [1.165, 1.54) is 0 Å². The van der Waals surface area contributed by atoms with Crippen molar-refractivity contribution < 1.29 is 5.11 Å². The van der Waals surface area contributed by atoms with Gasteiger partial charge in [0.2, 0.25) is 0 Å². The van der Waals surface area contributed by atoms with E-state index in [0.717, 1.165) is 6.42 Å². The Balaban J connectivity index is 3.38. The van der Waals surface area contributed by atoms with Gasteiger partial charge >= 0.3 is 0 Å². The molecule has 0 unspecified atom stereocenters. The normalized spacial score (nSPS) is 18.0. The molecule has 0 heterocycles. The fourth-order valence-electron chi connectivity index (χ4n) is 0.741. The Labute approximate surface area is 57.1 Å². The third-order valence-electron chi connectivity index (χ3n) is 1.36. The lowest BCUT2D eigenvalue weighted by atomic mass is 10.0. The smallest absolute Gasteiger partial charge is 0.0663 e. The van der Waals surface area contributed by atoms with Crippen LogP contribution in [-0.4, -0.2) is 17.3 Å². The van der Waals surface area contributed by atoms with Crippen molar-refractivity contribution in [3.05, 3.63) is 0 Å². The first-order valence-electron chi connectivity index (χ1n) is 3.47. The molecule has 2 atom stereocenters. The van der Waals surface area contributed by atoms with E-state index in [1.807, 2.05) is 0 Å². The summed E-state index contributed by atoms with van der Waals surface area (Å²) >= 11 is 0.